The average Bonchev–Trinajstić information content (AvgIpc) is 2.98. The molecule has 0 saturated carbocycles. The van der Waals surface area contributed by atoms with Crippen LogP contribution in [0.15, 0.2) is 42.7 Å². The second kappa shape index (κ2) is 8.89. The van der Waals surface area contributed by atoms with Crippen LogP contribution < -0.4 is 14.5 Å². The summed E-state index contributed by atoms with van der Waals surface area (Å²) in [6, 6.07) is 5.25. The second-order valence-corrected chi connectivity index (χ2v) is 8.10. The molecule has 1 aromatic heterocycles. The van der Waals surface area contributed by atoms with Gasteiger partial charge in [0.15, 0.2) is 0 Å². The topological polar surface area (TPSA) is 69.2 Å². The number of urea groups is 1. The first-order valence-electron chi connectivity index (χ1n) is 10.5. The first-order valence-corrected chi connectivity index (χ1v) is 10.5. The molecule has 0 N–H and O–H groups in total. The average molecular weight is 463 g/mol. The van der Waals surface area contributed by atoms with E-state index in [0.29, 0.717) is 0 Å². The molecule has 3 heterocycles. The number of carbonyl (C=O) groups excluding carboxylic acids is 2. The highest BCUT2D eigenvalue weighted by Gasteiger charge is 2.43. The molecule has 2 aliphatic rings. The third-order valence-electron chi connectivity index (χ3n) is 5.88. The van der Waals surface area contributed by atoms with Gasteiger partial charge in [-0.3, -0.25) is 9.78 Å². The number of piperazine rings is 1. The molecule has 4 rings (SSSR count). The largest absolute Gasteiger partial charge is 0.573 e. The number of likely N-dealkylation sites (N-methyl/N-ethyl adjacent to an activating group) is 1. The number of ether oxygens (including phenoxy) is 1. The number of hydrogen-bond acceptors (Lipinski definition) is 6. The van der Waals surface area contributed by atoms with Gasteiger partial charge >= 0.3 is 12.4 Å². The molecule has 1 aromatic carbocycles. The van der Waals surface area contributed by atoms with Crippen LogP contribution in [0.25, 0.3) is 0 Å². The van der Waals surface area contributed by atoms with E-state index in [1.165, 1.54) is 17.0 Å². The number of alkyl halides is 3. The van der Waals surface area contributed by atoms with Crippen LogP contribution in [0.5, 0.6) is 5.75 Å². The molecule has 0 radical (unpaired) electrons. The van der Waals surface area contributed by atoms with Crippen molar-refractivity contribution < 1.29 is 27.5 Å². The minimum Gasteiger partial charge on any atom is -0.406 e. The molecule has 2 saturated heterocycles. The van der Waals surface area contributed by atoms with Gasteiger partial charge in [0.2, 0.25) is 0 Å². The Bertz CT molecular complexity index is 1020. The first-order chi connectivity index (χ1) is 15.6. The quantitative estimate of drug-likeness (QED) is 0.635. The third-order valence-corrected chi connectivity index (χ3v) is 5.88. The van der Waals surface area contributed by atoms with Crippen molar-refractivity contribution in [1.29, 1.82) is 0 Å². The van der Waals surface area contributed by atoms with Crippen LogP contribution in [0.4, 0.5) is 29.3 Å². The molecule has 33 heavy (non-hydrogen) atoms. The Labute approximate surface area is 189 Å². The number of anilines is 2. The molecule has 1 unspecified atom stereocenters. The lowest BCUT2D eigenvalue weighted by Crippen LogP contribution is -2.45. The SMILES string of the molecule is CC1C(=O)N(c2ccc(OC(F)(F)F)cc2)C(=O)N1Cc1ccncc1N1CCN(C)CC1. The van der Waals surface area contributed by atoms with Crippen LogP contribution in [-0.4, -0.2) is 72.4 Å². The number of aromatic nitrogens is 1. The van der Waals surface area contributed by atoms with E-state index in [1.54, 1.807) is 19.3 Å². The maximum atomic E-state index is 13.2. The zero-order valence-corrected chi connectivity index (χ0v) is 18.2. The van der Waals surface area contributed by atoms with E-state index in [4.69, 9.17) is 0 Å². The Morgan fingerprint density at radius 1 is 1.06 bits per heavy atom. The Morgan fingerprint density at radius 3 is 2.36 bits per heavy atom. The summed E-state index contributed by atoms with van der Waals surface area (Å²) in [6.07, 6.45) is -1.40. The second-order valence-electron chi connectivity index (χ2n) is 8.10. The van der Waals surface area contributed by atoms with Crippen LogP contribution in [0, 0.1) is 0 Å². The number of amides is 3. The summed E-state index contributed by atoms with van der Waals surface area (Å²) in [5.74, 6) is -0.872. The highest BCUT2D eigenvalue weighted by molar-refractivity contribution is 6.21. The number of pyridine rings is 1. The summed E-state index contributed by atoms with van der Waals surface area (Å²) in [6.45, 7) is 5.33. The van der Waals surface area contributed by atoms with Gasteiger partial charge in [0.25, 0.3) is 5.91 Å². The Hall–Kier alpha value is -3.34. The fourth-order valence-corrected chi connectivity index (χ4v) is 4.01. The molecule has 0 spiro atoms. The van der Waals surface area contributed by atoms with Crippen molar-refractivity contribution in [3.8, 4) is 5.75 Å². The molecule has 176 valence electrons. The molecular weight excluding hydrogens is 439 g/mol. The van der Waals surface area contributed by atoms with Gasteiger partial charge in [0.05, 0.1) is 24.1 Å². The molecule has 8 nitrogen and oxygen atoms in total. The minimum atomic E-state index is -4.82. The van der Waals surface area contributed by atoms with Crippen molar-refractivity contribution in [3.05, 3.63) is 48.3 Å². The van der Waals surface area contributed by atoms with Gasteiger partial charge in [0.1, 0.15) is 11.8 Å². The van der Waals surface area contributed by atoms with Gasteiger partial charge in [-0.25, -0.2) is 9.69 Å². The van der Waals surface area contributed by atoms with E-state index in [2.05, 4.69) is 26.6 Å². The van der Waals surface area contributed by atoms with Crippen molar-refractivity contribution in [3.63, 3.8) is 0 Å². The van der Waals surface area contributed by atoms with Crippen LogP contribution >= 0.6 is 0 Å². The van der Waals surface area contributed by atoms with Crippen molar-refractivity contribution >= 4 is 23.3 Å². The zero-order valence-electron chi connectivity index (χ0n) is 18.2. The maximum Gasteiger partial charge on any atom is 0.573 e. The predicted octanol–water partition coefficient (Wildman–Crippen LogP) is 3.09. The van der Waals surface area contributed by atoms with Gasteiger partial charge in [-0.1, -0.05) is 0 Å². The lowest BCUT2D eigenvalue weighted by molar-refractivity contribution is -0.274. The summed E-state index contributed by atoms with van der Waals surface area (Å²) in [5, 5.41) is 0. The van der Waals surface area contributed by atoms with Crippen LogP contribution in [0.3, 0.4) is 0 Å². The number of halogens is 3. The van der Waals surface area contributed by atoms with Gasteiger partial charge in [-0.2, -0.15) is 0 Å². The maximum absolute atomic E-state index is 13.2. The summed E-state index contributed by atoms with van der Waals surface area (Å²) in [7, 11) is 2.06. The fourth-order valence-electron chi connectivity index (χ4n) is 4.01. The van der Waals surface area contributed by atoms with E-state index < -0.39 is 30.1 Å². The standard InChI is InChI=1S/C22H24F3N5O3/c1-15-20(31)30(17-3-5-18(6-4-17)33-22(23,24)25)21(32)29(15)14-16-7-8-26-13-19(16)28-11-9-27(2)10-12-28/h3-8,13,15H,9-12,14H2,1-2H3. The monoisotopic (exact) mass is 463 g/mol. The fraction of sp³-hybridized carbons (Fsp3) is 0.409. The van der Waals surface area contributed by atoms with Gasteiger partial charge in [0, 0.05) is 32.4 Å². The van der Waals surface area contributed by atoms with Crippen LogP contribution in [0.2, 0.25) is 0 Å². The molecule has 0 aliphatic carbocycles. The van der Waals surface area contributed by atoms with Crippen molar-refractivity contribution in [2.75, 3.05) is 43.0 Å². The number of carbonyl (C=O) groups is 2. The Kier molecular flexibility index (Phi) is 6.15. The van der Waals surface area contributed by atoms with Gasteiger partial charge < -0.3 is 19.4 Å². The summed E-state index contributed by atoms with van der Waals surface area (Å²) in [4.78, 5) is 37.2. The van der Waals surface area contributed by atoms with E-state index in [0.717, 1.165) is 54.5 Å². The van der Waals surface area contributed by atoms with Gasteiger partial charge in [-0.05, 0) is 49.9 Å². The Morgan fingerprint density at radius 2 is 1.73 bits per heavy atom. The molecule has 2 fully saturated rings. The number of imide groups is 1. The smallest absolute Gasteiger partial charge is 0.406 e. The molecule has 11 heteroatoms. The van der Waals surface area contributed by atoms with Crippen LogP contribution in [0.1, 0.15) is 12.5 Å². The first kappa shape index (κ1) is 22.8. The molecule has 2 aliphatic heterocycles. The molecule has 1 atom stereocenters. The molecule has 3 amide bonds. The number of hydrogen-bond donors (Lipinski definition) is 0. The summed E-state index contributed by atoms with van der Waals surface area (Å²) < 4.78 is 41.1. The number of benzene rings is 1. The van der Waals surface area contributed by atoms with E-state index in [9.17, 15) is 22.8 Å². The highest BCUT2D eigenvalue weighted by Crippen LogP contribution is 2.31. The number of nitrogens with zero attached hydrogens (tertiary/aromatic N) is 5. The highest BCUT2D eigenvalue weighted by atomic mass is 19.4. The Balaban J connectivity index is 1.53. The summed E-state index contributed by atoms with van der Waals surface area (Å²) in [5.41, 5.74) is 1.98. The van der Waals surface area contributed by atoms with E-state index in [1.807, 2.05) is 6.07 Å². The normalized spacial score (nSPS) is 20.0. The van der Waals surface area contributed by atoms with Gasteiger partial charge in [-0.15, -0.1) is 13.2 Å². The molecule has 0 bridgehead atoms. The van der Waals surface area contributed by atoms with E-state index >= 15 is 0 Å². The number of rotatable bonds is 5. The molecule has 2 aromatic rings. The predicted molar refractivity (Wildman–Crippen MR) is 115 cm³/mol. The van der Waals surface area contributed by atoms with Crippen molar-refractivity contribution in [2.45, 2.75) is 25.9 Å². The zero-order chi connectivity index (χ0) is 23.8. The minimum absolute atomic E-state index is 0.183. The van der Waals surface area contributed by atoms with Crippen LogP contribution in [-0.2, 0) is 11.3 Å². The van der Waals surface area contributed by atoms with Crippen molar-refractivity contribution in [1.82, 2.24) is 14.8 Å². The third kappa shape index (κ3) is 4.87. The van der Waals surface area contributed by atoms with Crippen molar-refractivity contribution in [2.24, 2.45) is 0 Å². The summed E-state index contributed by atoms with van der Waals surface area (Å²) >= 11 is 0. The molecular formula is C22H24F3N5O3. The lowest BCUT2D eigenvalue weighted by atomic mass is 10.1. The lowest BCUT2D eigenvalue weighted by Gasteiger charge is -2.35. The van der Waals surface area contributed by atoms with E-state index in [-0.39, 0.29) is 12.2 Å².